The van der Waals surface area contributed by atoms with E-state index in [1.54, 1.807) is 6.92 Å². The average molecular weight is 294 g/mol. The molecule has 2 N–H and O–H groups in total. The summed E-state index contributed by atoms with van der Waals surface area (Å²) in [6.45, 7) is 1.78. The van der Waals surface area contributed by atoms with Gasteiger partial charge in [0.2, 0.25) is 5.75 Å². The molecule has 1 fully saturated rings. The second kappa shape index (κ2) is 5.39. The Morgan fingerprint density at radius 1 is 1.48 bits per heavy atom. The van der Waals surface area contributed by atoms with Crippen LogP contribution in [0, 0.1) is 10.1 Å². The predicted molar refractivity (Wildman–Crippen MR) is 71.3 cm³/mol. The number of aliphatic carboxylic acids is 1. The van der Waals surface area contributed by atoms with Gasteiger partial charge in [0.25, 0.3) is 5.91 Å². The Bertz CT molecular complexity index is 609. The van der Waals surface area contributed by atoms with Crippen molar-refractivity contribution in [2.75, 3.05) is 6.61 Å². The van der Waals surface area contributed by atoms with Crippen LogP contribution in [0.2, 0.25) is 0 Å². The van der Waals surface area contributed by atoms with Gasteiger partial charge < -0.3 is 15.2 Å². The van der Waals surface area contributed by atoms with Gasteiger partial charge in [-0.15, -0.1) is 0 Å². The van der Waals surface area contributed by atoms with Crippen LogP contribution in [-0.4, -0.2) is 34.1 Å². The third-order valence-electron chi connectivity index (χ3n) is 3.24. The molecule has 0 saturated heterocycles. The summed E-state index contributed by atoms with van der Waals surface area (Å²) in [4.78, 5) is 33.6. The lowest BCUT2D eigenvalue weighted by atomic mass is 10.1. The predicted octanol–water partition coefficient (Wildman–Crippen LogP) is 1.34. The Labute approximate surface area is 119 Å². The Balaban J connectivity index is 2.34. The van der Waals surface area contributed by atoms with Crippen molar-refractivity contribution in [1.82, 2.24) is 5.32 Å². The van der Waals surface area contributed by atoms with Crippen molar-refractivity contribution in [3.05, 3.63) is 33.9 Å². The van der Waals surface area contributed by atoms with Crippen molar-refractivity contribution in [3.8, 4) is 5.75 Å². The molecule has 1 saturated carbocycles. The molecule has 0 spiro atoms. The molecule has 1 aromatic rings. The van der Waals surface area contributed by atoms with E-state index in [2.05, 4.69) is 5.32 Å². The zero-order chi connectivity index (χ0) is 15.6. The highest BCUT2D eigenvalue weighted by Crippen LogP contribution is 2.37. The van der Waals surface area contributed by atoms with E-state index >= 15 is 0 Å². The first-order valence-electron chi connectivity index (χ1n) is 6.37. The number of benzene rings is 1. The smallest absolute Gasteiger partial charge is 0.329 e. The number of carboxylic acids is 1. The lowest BCUT2D eigenvalue weighted by molar-refractivity contribution is -0.385. The minimum absolute atomic E-state index is 0.0430. The van der Waals surface area contributed by atoms with Crippen molar-refractivity contribution in [3.63, 3.8) is 0 Å². The van der Waals surface area contributed by atoms with E-state index in [-0.39, 0.29) is 23.6 Å². The number of carbonyl (C=O) groups excluding carboxylic acids is 1. The highest BCUT2D eigenvalue weighted by atomic mass is 16.6. The number of rotatable bonds is 6. The highest BCUT2D eigenvalue weighted by molar-refractivity contribution is 6.01. The number of hydrogen-bond donors (Lipinski definition) is 2. The number of ether oxygens (including phenoxy) is 1. The van der Waals surface area contributed by atoms with Gasteiger partial charge >= 0.3 is 11.7 Å². The summed E-state index contributed by atoms with van der Waals surface area (Å²) in [5.41, 5.74) is -1.63. The first-order valence-corrected chi connectivity index (χ1v) is 6.37. The topological polar surface area (TPSA) is 119 Å². The summed E-state index contributed by atoms with van der Waals surface area (Å²) in [6, 6.07) is 3.95. The maximum atomic E-state index is 12.2. The molecular weight excluding hydrogens is 280 g/mol. The van der Waals surface area contributed by atoms with Gasteiger partial charge in [0, 0.05) is 6.07 Å². The fourth-order valence-corrected chi connectivity index (χ4v) is 1.95. The van der Waals surface area contributed by atoms with E-state index in [9.17, 15) is 19.7 Å². The number of nitro groups is 1. The van der Waals surface area contributed by atoms with Crippen LogP contribution in [0.15, 0.2) is 18.2 Å². The van der Waals surface area contributed by atoms with Crippen LogP contribution >= 0.6 is 0 Å². The normalized spacial score (nSPS) is 15.1. The van der Waals surface area contributed by atoms with E-state index < -0.39 is 22.3 Å². The zero-order valence-electron chi connectivity index (χ0n) is 11.3. The van der Waals surface area contributed by atoms with Crippen LogP contribution in [0.25, 0.3) is 0 Å². The molecule has 0 unspecified atom stereocenters. The Morgan fingerprint density at radius 2 is 2.14 bits per heavy atom. The van der Waals surface area contributed by atoms with Crippen LogP contribution < -0.4 is 10.1 Å². The number of para-hydroxylation sites is 1. The molecule has 1 aromatic carbocycles. The number of nitrogens with one attached hydrogen (secondary N) is 1. The fraction of sp³-hybridized carbons (Fsp3) is 0.385. The number of amides is 1. The van der Waals surface area contributed by atoms with Gasteiger partial charge in [-0.1, -0.05) is 6.07 Å². The second-order valence-corrected chi connectivity index (χ2v) is 4.69. The molecule has 21 heavy (non-hydrogen) atoms. The summed E-state index contributed by atoms with van der Waals surface area (Å²) in [5, 5.41) is 22.4. The van der Waals surface area contributed by atoms with Crippen LogP contribution in [0.4, 0.5) is 5.69 Å². The van der Waals surface area contributed by atoms with Crippen molar-refractivity contribution < 1.29 is 24.4 Å². The highest BCUT2D eigenvalue weighted by Gasteiger charge is 2.52. The molecule has 0 aromatic heterocycles. The van der Waals surface area contributed by atoms with Gasteiger partial charge in [-0.3, -0.25) is 14.9 Å². The summed E-state index contributed by atoms with van der Waals surface area (Å²) in [5.74, 6) is -1.95. The summed E-state index contributed by atoms with van der Waals surface area (Å²) >= 11 is 0. The Kier molecular flexibility index (Phi) is 3.79. The van der Waals surface area contributed by atoms with Crippen LogP contribution in [0.5, 0.6) is 5.75 Å². The van der Waals surface area contributed by atoms with Crippen LogP contribution in [-0.2, 0) is 4.79 Å². The largest absolute Gasteiger partial charge is 0.487 e. The maximum Gasteiger partial charge on any atom is 0.329 e. The molecule has 112 valence electrons. The summed E-state index contributed by atoms with van der Waals surface area (Å²) in [7, 11) is 0. The third-order valence-corrected chi connectivity index (χ3v) is 3.24. The molecule has 0 bridgehead atoms. The van der Waals surface area contributed by atoms with Gasteiger partial charge in [0.05, 0.1) is 17.1 Å². The third kappa shape index (κ3) is 2.78. The van der Waals surface area contributed by atoms with Gasteiger partial charge in [-0.05, 0) is 25.8 Å². The zero-order valence-corrected chi connectivity index (χ0v) is 11.3. The Hall–Kier alpha value is -2.64. The number of hydrogen-bond acceptors (Lipinski definition) is 5. The lowest BCUT2D eigenvalue weighted by Crippen LogP contribution is -2.43. The average Bonchev–Trinajstić information content (AvgIpc) is 3.20. The molecule has 0 radical (unpaired) electrons. The second-order valence-electron chi connectivity index (χ2n) is 4.69. The van der Waals surface area contributed by atoms with E-state index in [0.717, 1.165) is 0 Å². The van der Waals surface area contributed by atoms with Crippen molar-refractivity contribution in [1.29, 1.82) is 0 Å². The van der Waals surface area contributed by atoms with Crippen molar-refractivity contribution >= 4 is 17.6 Å². The molecule has 0 aliphatic heterocycles. The molecule has 0 heterocycles. The molecular formula is C13H14N2O6. The molecule has 0 atom stereocenters. The van der Waals surface area contributed by atoms with E-state index in [4.69, 9.17) is 9.84 Å². The summed E-state index contributed by atoms with van der Waals surface area (Å²) < 4.78 is 5.20. The number of nitrogens with zero attached hydrogens (tertiary/aromatic N) is 1. The first kappa shape index (κ1) is 14.8. The van der Waals surface area contributed by atoms with E-state index in [0.29, 0.717) is 12.8 Å². The quantitative estimate of drug-likeness (QED) is 0.603. The first-order chi connectivity index (χ1) is 9.91. The van der Waals surface area contributed by atoms with Crippen molar-refractivity contribution in [2.45, 2.75) is 25.3 Å². The number of carbonyl (C=O) groups is 2. The minimum atomic E-state index is -1.26. The van der Waals surface area contributed by atoms with Gasteiger partial charge in [-0.25, -0.2) is 4.79 Å². The number of carboxylic acid groups (broad SMARTS) is 1. The van der Waals surface area contributed by atoms with Gasteiger partial charge in [0.1, 0.15) is 5.54 Å². The number of nitro benzene ring substituents is 1. The van der Waals surface area contributed by atoms with Gasteiger partial charge in [-0.2, -0.15) is 0 Å². The minimum Gasteiger partial charge on any atom is -0.487 e. The lowest BCUT2D eigenvalue weighted by Gasteiger charge is -2.14. The molecule has 1 amide bonds. The Morgan fingerprint density at radius 3 is 2.62 bits per heavy atom. The maximum absolute atomic E-state index is 12.2. The molecule has 1 aliphatic carbocycles. The standard InChI is InChI=1S/C13H14N2O6/c1-2-21-10-8(4-3-5-9(10)15(19)20)11(16)14-13(6-7-13)12(17)18/h3-5H,2,6-7H2,1H3,(H,14,16)(H,17,18). The van der Waals surface area contributed by atoms with Crippen LogP contribution in [0.1, 0.15) is 30.1 Å². The van der Waals surface area contributed by atoms with Crippen molar-refractivity contribution in [2.24, 2.45) is 0 Å². The SMILES string of the molecule is CCOc1c(C(=O)NC2(C(=O)O)CC2)cccc1[N+](=O)[O-]. The monoisotopic (exact) mass is 294 g/mol. The van der Waals surface area contributed by atoms with Crippen LogP contribution in [0.3, 0.4) is 0 Å². The molecule has 1 aliphatic rings. The van der Waals surface area contributed by atoms with E-state index in [1.165, 1.54) is 18.2 Å². The molecule has 8 nitrogen and oxygen atoms in total. The molecule has 8 heteroatoms. The van der Waals surface area contributed by atoms with E-state index in [1.807, 2.05) is 0 Å². The molecule has 2 rings (SSSR count). The fourth-order valence-electron chi connectivity index (χ4n) is 1.95. The summed E-state index contributed by atoms with van der Waals surface area (Å²) in [6.07, 6.45) is 0.680. The van der Waals surface area contributed by atoms with Gasteiger partial charge in [0.15, 0.2) is 0 Å².